The number of methoxy groups -OCH3 is 1. The molecular formula is C13H15N3O3. The van der Waals surface area contributed by atoms with Gasteiger partial charge in [-0.05, 0) is 12.1 Å². The minimum atomic E-state index is -0.467. The maximum Gasteiger partial charge on any atom is 0.251 e. The summed E-state index contributed by atoms with van der Waals surface area (Å²) in [5.74, 6) is 0.405. The van der Waals surface area contributed by atoms with Gasteiger partial charge in [0.15, 0.2) is 0 Å². The lowest BCUT2D eigenvalue weighted by Gasteiger charge is -2.43. The highest BCUT2D eigenvalue weighted by molar-refractivity contribution is 6.15. The molecule has 1 saturated heterocycles. The summed E-state index contributed by atoms with van der Waals surface area (Å²) in [6.45, 7) is 0.732. The number of nitrogens with zero attached hydrogens (tertiary/aromatic N) is 2. The van der Waals surface area contributed by atoms with Crippen molar-refractivity contribution in [2.75, 3.05) is 37.0 Å². The number of amides is 2. The summed E-state index contributed by atoms with van der Waals surface area (Å²) >= 11 is 0. The van der Waals surface area contributed by atoms with Gasteiger partial charge in [-0.15, -0.1) is 0 Å². The molecule has 1 aromatic rings. The molecule has 2 amide bonds. The number of benzene rings is 1. The molecule has 6 nitrogen and oxygen atoms in total. The Balaban J connectivity index is 2.20. The van der Waals surface area contributed by atoms with Crippen molar-refractivity contribution in [3.05, 3.63) is 18.2 Å². The van der Waals surface area contributed by atoms with Gasteiger partial charge in [-0.3, -0.25) is 14.5 Å². The zero-order chi connectivity index (χ0) is 13.6. The van der Waals surface area contributed by atoms with Gasteiger partial charge in [-0.25, -0.2) is 0 Å². The van der Waals surface area contributed by atoms with Crippen LogP contribution < -0.4 is 19.9 Å². The molecule has 1 unspecified atom stereocenters. The first kappa shape index (κ1) is 12.0. The molecule has 2 heterocycles. The van der Waals surface area contributed by atoms with E-state index in [0.717, 1.165) is 5.69 Å². The molecule has 0 spiro atoms. The SMILES string of the molecule is COc1cccc2c1N(C)C(=O)C1CNCC(=O)N21. The zero-order valence-electron chi connectivity index (χ0n) is 10.8. The predicted molar refractivity (Wildman–Crippen MR) is 70.5 cm³/mol. The number of carbonyl (C=O) groups excluding carboxylic acids is 2. The fraction of sp³-hybridized carbons (Fsp3) is 0.385. The number of likely N-dealkylation sites (N-methyl/N-ethyl adjacent to an activating group) is 1. The number of rotatable bonds is 1. The number of fused-ring (bicyclic) bond motifs is 3. The third-order valence-electron chi connectivity index (χ3n) is 3.60. The molecule has 1 aromatic carbocycles. The molecule has 0 saturated carbocycles. The molecule has 6 heteroatoms. The fourth-order valence-electron chi connectivity index (χ4n) is 2.71. The van der Waals surface area contributed by atoms with Crippen molar-refractivity contribution >= 4 is 23.2 Å². The Morgan fingerprint density at radius 2 is 2.16 bits per heavy atom. The van der Waals surface area contributed by atoms with Crippen molar-refractivity contribution in [2.24, 2.45) is 0 Å². The molecular weight excluding hydrogens is 246 g/mol. The second kappa shape index (κ2) is 4.24. The largest absolute Gasteiger partial charge is 0.494 e. The van der Waals surface area contributed by atoms with E-state index in [-0.39, 0.29) is 18.4 Å². The highest BCUT2D eigenvalue weighted by atomic mass is 16.5. The van der Waals surface area contributed by atoms with E-state index in [0.29, 0.717) is 18.0 Å². The zero-order valence-corrected chi connectivity index (χ0v) is 10.8. The fourth-order valence-corrected chi connectivity index (χ4v) is 2.71. The van der Waals surface area contributed by atoms with Gasteiger partial charge < -0.3 is 15.0 Å². The van der Waals surface area contributed by atoms with Crippen LogP contribution >= 0.6 is 0 Å². The minimum absolute atomic E-state index is 0.0906. The quantitative estimate of drug-likeness (QED) is 0.771. The molecule has 1 atom stereocenters. The number of carbonyl (C=O) groups is 2. The van der Waals surface area contributed by atoms with Crippen molar-refractivity contribution in [2.45, 2.75) is 6.04 Å². The number of hydrogen-bond donors (Lipinski definition) is 1. The Hall–Kier alpha value is -2.08. The van der Waals surface area contributed by atoms with E-state index in [9.17, 15) is 9.59 Å². The van der Waals surface area contributed by atoms with Crippen LogP contribution in [0.15, 0.2) is 18.2 Å². The molecule has 1 fully saturated rings. The number of anilines is 2. The highest BCUT2D eigenvalue weighted by Gasteiger charge is 2.42. The number of piperazine rings is 1. The van der Waals surface area contributed by atoms with Gasteiger partial charge >= 0.3 is 0 Å². The van der Waals surface area contributed by atoms with E-state index in [1.807, 2.05) is 12.1 Å². The molecule has 2 aliphatic heterocycles. The lowest BCUT2D eigenvalue weighted by Crippen LogP contribution is -2.63. The van der Waals surface area contributed by atoms with E-state index in [1.165, 1.54) is 0 Å². The van der Waals surface area contributed by atoms with Crippen molar-refractivity contribution in [1.82, 2.24) is 5.32 Å². The molecule has 0 radical (unpaired) electrons. The Kier molecular flexibility index (Phi) is 2.67. The number of nitrogens with one attached hydrogen (secondary N) is 1. The van der Waals surface area contributed by atoms with Crippen LogP contribution in [0.1, 0.15) is 0 Å². The van der Waals surface area contributed by atoms with E-state index in [2.05, 4.69) is 5.32 Å². The second-order valence-electron chi connectivity index (χ2n) is 4.64. The third-order valence-corrected chi connectivity index (χ3v) is 3.60. The molecule has 2 aliphatic rings. The number of para-hydroxylation sites is 1. The van der Waals surface area contributed by atoms with Crippen LogP contribution in [0.3, 0.4) is 0 Å². The maximum atomic E-state index is 12.4. The lowest BCUT2D eigenvalue weighted by atomic mass is 10.0. The van der Waals surface area contributed by atoms with Crippen molar-refractivity contribution in [3.8, 4) is 5.75 Å². The summed E-state index contributed by atoms with van der Waals surface area (Å²) in [7, 11) is 3.26. The highest BCUT2D eigenvalue weighted by Crippen LogP contribution is 2.42. The van der Waals surface area contributed by atoms with Gasteiger partial charge in [-0.1, -0.05) is 6.07 Å². The number of ether oxygens (including phenoxy) is 1. The summed E-state index contributed by atoms with van der Waals surface area (Å²) in [6.07, 6.45) is 0. The molecule has 3 rings (SSSR count). The molecule has 19 heavy (non-hydrogen) atoms. The van der Waals surface area contributed by atoms with Gasteiger partial charge in [0.25, 0.3) is 5.91 Å². The third kappa shape index (κ3) is 1.60. The molecule has 100 valence electrons. The summed E-state index contributed by atoms with van der Waals surface area (Å²) in [4.78, 5) is 27.6. The predicted octanol–water partition coefficient (Wildman–Crippen LogP) is -0.0236. The molecule has 0 bridgehead atoms. The van der Waals surface area contributed by atoms with Gasteiger partial charge in [-0.2, -0.15) is 0 Å². The van der Waals surface area contributed by atoms with Crippen LogP contribution in [0, 0.1) is 0 Å². The topological polar surface area (TPSA) is 61.9 Å². The summed E-state index contributed by atoms with van der Waals surface area (Å²) in [5.41, 5.74) is 1.39. The monoisotopic (exact) mass is 261 g/mol. The smallest absolute Gasteiger partial charge is 0.251 e. The average Bonchev–Trinajstić information content (AvgIpc) is 2.43. The van der Waals surface area contributed by atoms with Crippen molar-refractivity contribution < 1.29 is 14.3 Å². The Morgan fingerprint density at radius 1 is 1.37 bits per heavy atom. The first-order valence-corrected chi connectivity index (χ1v) is 6.12. The van der Waals surface area contributed by atoms with Crippen LogP contribution in [0.25, 0.3) is 0 Å². The van der Waals surface area contributed by atoms with Gasteiger partial charge in [0.2, 0.25) is 5.91 Å². The Labute approximate surface area is 110 Å². The van der Waals surface area contributed by atoms with Crippen molar-refractivity contribution in [3.63, 3.8) is 0 Å². The summed E-state index contributed by atoms with van der Waals surface area (Å²) in [6, 6.07) is 4.99. The van der Waals surface area contributed by atoms with Crippen LogP contribution in [0.2, 0.25) is 0 Å². The van der Waals surface area contributed by atoms with E-state index < -0.39 is 6.04 Å². The normalized spacial score (nSPS) is 22.1. The molecule has 1 N–H and O–H groups in total. The van der Waals surface area contributed by atoms with Crippen LogP contribution in [0.5, 0.6) is 5.75 Å². The summed E-state index contributed by atoms with van der Waals surface area (Å²) in [5, 5.41) is 2.97. The average molecular weight is 261 g/mol. The van der Waals surface area contributed by atoms with Crippen molar-refractivity contribution in [1.29, 1.82) is 0 Å². The molecule has 0 aliphatic carbocycles. The van der Waals surface area contributed by atoms with Gasteiger partial charge in [0.1, 0.15) is 17.5 Å². The standard InChI is InChI=1S/C13H15N3O3/c1-15-12-8(4-3-5-10(12)19-2)16-9(13(15)18)6-14-7-11(16)17/h3-5,9,14H,6-7H2,1-2H3. The minimum Gasteiger partial charge on any atom is -0.494 e. The summed E-state index contributed by atoms with van der Waals surface area (Å²) < 4.78 is 5.30. The maximum absolute atomic E-state index is 12.4. The van der Waals surface area contributed by atoms with Crippen LogP contribution in [0.4, 0.5) is 11.4 Å². The van der Waals surface area contributed by atoms with E-state index in [4.69, 9.17) is 4.74 Å². The lowest BCUT2D eigenvalue weighted by molar-refractivity contribution is -0.126. The van der Waals surface area contributed by atoms with Gasteiger partial charge in [0.05, 0.1) is 19.3 Å². The van der Waals surface area contributed by atoms with Crippen LogP contribution in [-0.4, -0.2) is 45.1 Å². The van der Waals surface area contributed by atoms with Crippen LogP contribution in [-0.2, 0) is 9.59 Å². The van der Waals surface area contributed by atoms with Gasteiger partial charge in [0, 0.05) is 13.6 Å². The first-order valence-electron chi connectivity index (χ1n) is 6.12. The van der Waals surface area contributed by atoms with E-state index in [1.54, 1.807) is 30.0 Å². The Bertz CT molecular complexity index is 558. The van der Waals surface area contributed by atoms with E-state index >= 15 is 0 Å². The Morgan fingerprint density at radius 3 is 2.89 bits per heavy atom. The second-order valence-corrected chi connectivity index (χ2v) is 4.64. The number of hydrogen-bond acceptors (Lipinski definition) is 4. The first-order chi connectivity index (χ1) is 9.15. The molecule has 0 aromatic heterocycles.